The normalized spacial score (nSPS) is 11.4. The van der Waals surface area contributed by atoms with Gasteiger partial charge in [-0.1, -0.05) is 42.1 Å². The Morgan fingerprint density at radius 3 is 2.52 bits per heavy atom. The second-order valence-electron chi connectivity index (χ2n) is 7.66. The van der Waals surface area contributed by atoms with Crippen molar-refractivity contribution in [1.29, 1.82) is 0 Å². The molecule has 0 saturated heterocycles. The van der Waals surface area contributed by atoms with E-state index in [1.54, 1.807) is 23.5 Å². The minimum absolute atomic E-state index is 0.286. The van der Waals surface area contributed by atoms with Crippen LogP contribution in [0.5, 0.6) is 0 Å². The maximum absolute atomic E-state index is 13.5. The van der Waals surface area contributed by atoms with Crippen molar-refractivity contribution in [1.82, 2.24) is 24.7 Å². The van der Waals surface area contributed by atoms with Gasteiger partial charge in [0.2, 0.25) is 0 Å². The summed E-state index contributed by atoms with van der Waals surface area (Å²) in [6.45, 7) is 4.71. The van der Waals surface area contributed by atoms with Gasteiger partial charge in [0.05, 0.1) is 17.7 Å². The zero-order chi connectivity index (χ0) is 22.9. The second-order valence-corrected chi connectivity index (χ2v) is 9.81. The maximum Gasteiger partial charge on any atom is 0.192 e. The van der Waals surface area contributed by atoms with Gasteiger partial charge in [0.15, 0.2) is 11.0 Å². The average Bonchev–Trinajstić information content (AvgIpc) is 3.33. The summed E-state index contributed by atoms with van der Waals surface area (Å²) < 4.78 is 15.5. The van der Waals surface area contributed by atoms with Crippen molar-refractivity contribution < 1.29 is 4.39 Å². The second kappa shape index (κ2) is 8.92. The van der Waals surface area contributed by atoms with Crippen molar-refractivity contribution in [3.8, 4) is 11.4 Å². The first-order chi connectivity index (χ1) is 16.0. The average molecular weight is 477 g/mol. The van der Waals surface area contributed by atoms with Gasteiger partial charge in [-0.15, -0.1) is 21.5 Å². The molecule has 0 unspecified atom stereocenters. The van der Waals surface area contributed by atoms with Crippen LogP contribution in [0.1, 0.15) is 21.8 Å². The van der Waals surface area contributed by atoms with E-state index in [0.29, 0.717) is 29.8 Å². The molecule has 0 radical (unpaired) electrons. The molecule has 166 valence electrons. The van der Waals surface area contributed by atoms with E-state index >= 15 is 0 Å². The minimum atomic E-state index is -0.286. The summed E-state index contributed by atoms with van der Waals surface area (Å²) in [6, 6.07) is 16.4. The summed E-state index contributed by atoms with van der Waals surface area (Å²) in [5, 5.41) is 10.5. The Kier molecular flexibility index (Phi) is 5.82. The number of fused-ring (bicyclic) bond motifs is 1. The highest BCUT2D eigenvalue weighted by Gasteiger charge is 2.17. The van der Waals surface area contributed by atoms with Crippen molar-refractivity contribution >= 4 is 39.1 Å². The van der Waals surface area contributed by atoms with Crippen LogP contribution in [0.2, 0.25) is 0 Å². The summed E-state index contributed by atoms with van der Waals surface area (Å²) >= 11 is 3.14. The minimum Gasteiger partial charge on any atom is -0.383 e. The van der Waals surface area contributed by atoms with E-state index in [1.165, 1.54) is 28.8 Å². The summed E-state index contributed by atoms with van der Waals surface area (Å²) in [5.74, 6) is 2.07. The molecule has 0 aliphatic heterocycles. The molecule has 5 aromatic rings. The predicted octanol–water partition coefficient (Wildman–Crippen LogP) is 5.63. The molecule has 3 aromatic heterocycles. The molecule has 0 bridgehead atoms. The van der Waals surface area contributed by atoms with Gasteiger partial charge in [0.1, 0.15) is 22.3 Å². The van der Waals surface area contributed by atoms with Crippen LogP contribution in [-0.2, 0) is 12.3 Å². The molecule has 2 aromatic carbocycles. The van der Waals surface area contributed by atoms with E-state index in [2.05, 4.69) is 34.2 Å². The molecule has 0 atom stereocenters. The van der Waals surface area contributed by atoms with Gasteiger partial charge in [-0.3, -0.25) is 4.57 Å². The van der Waals surface area contributed by atoms with Gasteiger partial charge in [-0.2, -0.15) is 0 Å². The van der Waals surface area contributed by atoms with Gasteiger partial charge in [0, 0.05) is 10.4 Å². The molecule has 2 N–H and O–H groups in total. The molecule has 3 heterocycles. The molecule has 0 aliphatic carbocycles. The Morgan fingerprint density at radius 2 is 1.76 bits per heavy atom. The molecule has 0 amide bonds. The standard InChI is InChI=1S/C24H21FN6S2/c1-14-15(2)33-23-20(14)21(26)27-19(28-23)13-32-24-30-29-22(17-8-10-18(25)11-9-17)31(24)12-16-6-4-3-5-7-16/h3-11H,12-13H2,1-2H3,(H2,26,27,28). The highest BCUT2D eigenvalue weighted by molar-refractivity contribution is 7.98. The van der Waals surface area contributed by atoms with E-state index < -0.39 is 0 Å². The molecule has 9 heteroatoms. The molecule has 33 heavy (non-hydrogen) atoms. The third kappa shape index (κ3) is 4.34. The topological polar surface area (TPSA) is 82.5 Å². The van der Waals surface area contributed by atoms with E-state index in [0.717, 1.165) is 32.1 Å². The first-order valence-corrected chi connectivity index (χ1v) is 12.2. The number of thioether (sulfide) groups is 1. The Morgan fingerprint density at radius 1 is 1.00 bits per heavy atom. The molecule has 5 rings (SSSR count). The Hall–Kier alpha value is -3.30. The van der Waals surface area contributed by atoms with Gasteiger partial charge in [-0.25, -0.2) is 14.4 Å². The number of thiophene rings is 1. The van der Waals surface area contributed by atoms with Gasteiger partial charge < -0.3 is 5.73 Å². The monoisotopic (exact) mass is 476 g/mol. The first kappa shape index (κ1) is 21.5. The lowest BCUT2D eigenvalue weighted by Crippen LogP contribution is -2.05. The van der Waals surface area contributed by atoms with Crippen LogP contribution in [0, 0.1) is 19.7 Å². The van der Waals surface area contributed by atoms with E-state index in [1.807, 2.05) is 29.7 Å². The van der Waals surface area contributed by atoms with Crippen LogP contribution >= 0.6 is 23.1 Å². The molecule has 0 saturated carbocycles. The van der Waals surface area contributed by atoms with Crippen molar-refractivity contribution in [2.75, 3.05) is 5.73 Å². The number of halogens is 1. The highest BCUT2D eigenvalue weighted by Crippen LogP contribution is 2.33. The van der Waals surface area contributed by atoms with Crippen LogP contribution in [-0.4, -0.2) is 24.7 Å². The van der Waals surface area contributed by atoms with Crippen molar-refractivity contribution in [2.24, 2.45) is 0 Å². The zero-order valence-corrected chi connectivity index (χ0v) is 19.8. The SMILES string of the molecule is Cc1sc2nc(CSc3nnc(-c4ccc(F)cc4)n3Cc3ccccc3)nc(N)c2c1C. The van der Waals surface area contributed by atoms with Crippen molar-refractivity contribution in [2.45, 2.75) is 31.3 Å². The number of rotatable bonds is 6. The van der Waals surface area contributed by atoms with E-state index in [-0.39, 0.29) is 5.82 Å². The number of hydrogen-bond donors (Lipinski definition) is 1. The number of nitrogen functional groups attached to an aromatic ring is 1. The fourth-order valence-electron chi connectivity index (χ4n) is 3.64. The zero-order valence-electron chi connectivity index (χ0n) is 18.1. The number of benzene rings is 2. The molecule has 0 aliphatic rings. The number of hydrogen-bond acceptors (Lipinski definition) is 7. The fraction of sp³-hybridized carbons (Fsp3) is 0.167. The van der Waals surface area contributed by atoms with Crippen LogP contribution in [0.3, 0.4) is 0 Å². The Balaban J connectivity index is 1.47. The molecule has 6 nitrogen and oxygen atoms in total. The third-order valence-electron chi connectivity index (χ3n) is 5.44. The smallest absolute Gasteiger partial charge is 0.192 e. The van der Waals surface area contributed by atoms with E-state index in [4.69, 9.17) is 10.7 Å². The van der Waals surface area contributed by atoms with Crippen molar-refractivity contribution in [3.05, 3.63) is 82.2 Å². The van der Waals surface area contributed by atoms with Crippen LogP contribution in [0.15, 0.2) is 59.8 Å². The lowest BCUT2D eigenvalue weighted by Gasteiger charge is -2.10. The van der Waals surface area contributed by atoms with Gasteiger partial charge >= 0.3 is 0 Å². The third-order valence-corrected chi connectivity index (χ3v) is 7.50. The lowest BCUT2D eigenvalue weighted by atomic mass is 10.2. The van der Waals surface area contributed by atoms with E-state index in [9.17, 15) is 4.39 Å². The first-order valence-electron chi connectivity index (χ1n) is 10.4. The van der Waals surface area contributed by atoms with Gasteiger partial charge in [0.25, 0.3) is 0 Å². The number of nitrogens with zero attached hydrogens (tertiary/aromatic N) is 5. The molecule has 0 fully saturated rings. The quantitative estimate of drug-likeness (QED) is 0.320. The molecular weight excluding hydrogens is 455 g/mol. The summed E-state index contributed by atoms with van der Waals surface area (Å²) in [7, 11) is 0. The van der Waals surface area contributed by atoms with Crippen molar-refractivity contribution in [3.63, 3.8) is 0 Å². The number of anilines is 1. The largest absolute Gasteiger partial charge is 0.383 e. The summed E-state index contributed by atoms with van der Waals surface area (Å²) in [4.78, 5) is 11.4. The molecular formula is C24H21FN6S2. The summed E-state index contributed by atoms with van der Waals surface area (Å²) in [5.41, 5.74) is 9.31. The van der Waals surface area contributed by atoms with Crippen LogP contribution < -0.4 is 5.73 Å². The Bertz CT molecular complexity index is 1430. The Labute approximate surface area is 198 Å². The molecule has 0 spiro atoms. The number of aromatic nitrogens is 5. The number of aryl methyl sites for hydroxylation is 2. The lowest BCUT2D eigenvalue weighted by molar-refractivity contribution is 0.628. The highest BCUT2D eigenvalue weighted by atomic mass is 32.2. The fourth-order valence-corrected chi connectivity index (χ4v) is 5.49. The summed E-state index contributed by atoms with van der Waals surface area (Å²) in [6.07, 6.45) is 0. The van der Waals surface area contributed by atoms with Crippen LogP contribution in [0.25, 0.3) is 21.6 Å². The predicted molar refractivity (Wildman–Crippen MR) is 132 cm³/mol. The van der Waals surface area contributed by atoms with Gasteiger partial charge in [-0.05, 0) is 49.2 Å². The maximum atomic E-state index is 13.5. The number of nitrogens with two attached hydrogens (primary N) is 1. The van der Waals surface area contributed by atoms with Crippen LogP contribution in [0.4, 0.5) is 10.2 Å².